The highest BCUT2D eigenvalue weighted by atomic mass is 79.9. The minimum atomic E-state index is 0.553. The first kappa shape index (κ1) is 14.4. The Morgan fingerprint density at radius 2 is 2.05 bits per heavy atom. The van der Waals surface area contributed by atoms with Gasteiger partial charge in [-0.1, -0.05) is 0 Å². The molecule has 3 rings (SSSR count). The highest BCUT2D eigenvalue weighted by Gasteiger charge is 2.22. The van der Waals surface area contributed by atoms with Crippen LogP contribution in [0.3, 0.4) is 0 Å². The third kappa shape index (κ3) is 2.80. The molecular weight excluding hydrogens is 308 g/mol. The summed E-state index contributed by atoms with van der Waals surface area (Å²) >= 11 is 3.55. The summed E-state index contributed by atoms with van der Waals surface area (Å²) in [6, 6.07) is 0. The van der Waals surface area contributed by atoms with Crippen molar-refractivity contribution >= 4 is 21.4 Å². The van der Waals surface area contributed by atoms with Crippen LogP contribution in [-0.4, -0.2) is 39.7 Å². The number of fused-ring (bicyclic) bond motifs is 1. The summed E-state index contributed by atoms with van der Waals surface area (Å²) in [6.07, 6.45) is 6.18. The second-order valence-corrected chi connectivity index (χ2v) is 5.27. The molecule has 0 amide bonds. The number of aliphatic hydroxyl groups excluding tert-OH is 1. The number of aromatic nitrogens is 3. The summed E-state index contributed by atoms with van der Waals surface area (Å²) in [5, 5.41) is 10.4. The number of nitrogens with zero attached hydrogens (tertiary/aromatic N) is 3. The van der Waals surface area contributed by atoms with Crippen LogP contribution >= 0.6 is 15.9 Å². The number of imidazole rings is 1. The molecule has 1 fully saturated rings. The summed E-state index contributed by atoms with van der Waals surface area (Å²) < 4.78 is 3.10. The predicted molar refractivity (Wildman–Crippen MR) is 78.4 cm³/mol. The van der Waals surface area contributed by atoms with E-state index in [9.17, 15) is 0 Å². The monoisotopic (exact) mass is 326 g/mol. The van der Waals surface area contributed by atoms with Gasteiger partial charge in [-0.05, 0) is 48.8 Å². The zero-order valence-electron chi connectivity index (χ0n) is 11.2. The van der Waals surface area contributed by atoms with Gasteiger partial charge in [0.25, 0.3) is 0 Å². The molecule has 0 radical (unpaired) electrons. The van der Waals surface area contributed by atoms with Crippen molar-refractivity contribution in [1.29, 1.82) is 0 Å². The highest BCUT2D eigenvalue weighted by Crippen LogP contribution is 2.29. The Morgan fingerprint density at radius 3 is 2.74 bits per heavy atom. The molecule has 0 atom stereocenters. The van der Waals surface area contributed by atoms with Crippen molar-refractivity contribution in [2.45, 2.75) is 25.7 Å². The molecule has 1 aliphatic rings. The van der Waals surface area contributed by atoms with Gasteiger partial charge in [0.2, 0.25) is 0 Å². The van der Waals surface area contributed by atoms with Gasteiger partial charge >= 0.3 is 0 Å². The van der Waals surface area contributed by atoms with Gasteiger partial charge in [0.05, 0.1) is 5.69 Å². The SMILES string of the molecule is CO.Cc1nccn2c(C3CCNCC3)nc(Br)c12. The highest BCUT2D eigenvalue weighted by molar-refractivity contribution is 9.10. The molecule has 6 heteroatoms. The number of piperidine rings is 1. The number of hydrogen-bond acceptors (Lipinski definition) is 4. The quantitative estimate of drug-likeness (QED) is 0.839. The van der Waals surface area contributed by atoms with E-state index in [-0.39, 0.29) is 0 Å². The van der Waals surface area contributed by atoms with Crippen LogP contribution in [0.25, 0.3) is 5.52 Å². The molecule has 0 unspecified atom stereocenters. The number of halogens is 1. The minimum absolute atomic E-state index is 0.553. The molecule has 2 aromatic rings. The van der Waals surface area contributed by atoms with E-state index in [0.717, 1.165) is 48.9 Å². The fourth-order valence-corrected chi connectivity index (χ4v) is 3.20. The van der Waals surface area contributed by atoms with Gasteiger partial charge < -0.3 is 10.4 Å². The average Bonchev–Trinajstić information content (AvgIpc) is 2.81. The van der Waals surface area contributed by atoms with E-state index in [1.54, 1.807) is 0 Å². The Morgan fingerprint density at radius 1 is 1.37 bits per heavy atom. The Hall–Kier alpha value is -0.980. The third-order valence-electron chi connectivity index (χ3n) is 3.43. The second-order valence-electron chi connectivity index (χ2n) is 4.52. The van der Waals surface area contributed by atoms with Crippen LogP contribution < -0.4 is 5.32 Å². The van der Waals surface area contributed by atoms with Gasteiger partial charge in [0.1, 0.15) is 15.9 Å². The lowest BCUT2D eigenvalue weighted by atomic mass is 9.97. The summed E-state index contributed by atoms with van der Waals surface area (Å²) in [5.41, 5.74) is 2.12. The van der Waals surface area contributed by atoms with E-state index in [1.807, 2.05) is 19.3 Å². The first-order valence-electron chi connectivity index (χ1n) is 6.42. The zero-order chi connectivity index (χ0) is 13.8. The first-order chi connectivity index (χ1) is 9.27. The predicted octanol–water partition coefficient (Wildman–Crippen LogP) is 1.88. The maximum absolute atomic E-state index is 7.00. The smallest absolute Gasteiger partial charge is 0.134 e. The van der Waals surface area contributed by atoms with Crippen LogP contribution in [0.1, 0.15) is 30.3 Å². The summed E-state index contributed by atoms with van der Waals surface area (Å²) in [7, 11) is 1.00. The number of nitrogens with one attached hydrogen (secondary N) is 1. The fourth-order valence-electron chi connectivity index (χ4n) is 2.54. The Bertz CT molecular complexity index is 549. The standard InChI is InChI=1S/C12H15BrN4.CH4O/c1-8-10-11(13)16-12(17(10)7-6-15-8)9-2-4-14-5-3-9;1-2/h6-7,9,14H,2-5H2,1H3;2H,1H3. The maximum atomic E-state index is 7.00. The Kier molecular flexibility index (Phi) is 4.90. The largest absolute Gasteiger partial charge is 0.400 e. The van der Waals surface area contributed by atoms with Crippen LogP contribution in [-0.2, 0) is 0 Å². The van der Waals surface area contributed by atoms with Crippen molar-refractivity contribution in [2.24, 2.45) is 0 Å². The molecule has 19 heavy (non-hydrogen) atoms. The molecule has 0 saturated carbocycles. The summed E-state index contributed by atoms with van der Waals surface area (Å²) in [5.74, 6) is 1.72. The Balaban J connectivity index is 0.000000637. The van der Waals surface area contributed by atoms with E-state index in [1.165, 1.54) is 5.82 Å². The van der Waals surface area contributed by atoms with Crippen molar-refractivity contribution in [3.05, 3.63) is 28.5 Å². The summed E-state index contributed by atoms with van der Waals surface area (Å²) in [6.45, 7) is 4.19. The molecule has 5 nitrogen and oxygen atoms in total. The lowest BCUT2D eigenvalue weighted by Crippen LogP contribution is -2.27. The number of rotatable bonds is 1. The average molecular weight is 327 g/mol. The van der Waals surface area contributed by atoms with E-state index in [4.69, 9.17) is 5.11 Å². The molecular formula is C13H19BrN4O. The van der Waals surface area contributed by atoms with Gasteiger partial charge in [-0.15, -0.1) is 0 Å². The first-order valence-corrected chi connectivity index (χ1v) is 7.21. The van der Waals surface area contributed by atoms with Crippen molar-refractivity contribution in [3.8, 4) is 0 Å². The number of aryl methyl sites for hydroxylation is 1. The van der Waals surface area contributed by atoms with Crippen LogP contribution in [0.4, 0.5) is 0 Å². The van der Waals surface area contributed by atoms with Crippen LogP contribution in [0.15, 0.2) is 17.0 Å². The molecule has 1 saturated heterocycles. The zero-order valence-corrected chi connectivity index (χ0v) is 12.8. The van der Waals surface area contributed by atoms with Crippen LogP contribution in [0.5, 0.6) is 0 Å². The van der Waals surface area contributed by atoms with Crippen molar-refractivity contribution in [2.75, 3.05) is 20.2 Å². The maximum Gasteiger partial charge on any atom is 0.134 e. The normalized spacial score (nSPS) is 16.2. The minimum Gasteiger partial charge on any atom is -0.400 e. The van der Waals surface area contributed by atoms with Crippen LogP contribution in [0, 0.1) is 6.92 Å². The van der Waals surface area contributed by atoms with E-state index in [2.05, 4.69) is 35.6 Å². The molecule has 0 spiro atoms. The molecule has 1 aliphatic heterocycles. The number of aliphatic hydroxyl groups is 1. The lowest BCUT2D eigenvalue weighted by molar-refractivity contribution is 0.399. The molecule has 0 aliphatic carbocycles. The van der Waals surface area contributed by atoms with Crippen molar-refractivity contribution in [1.82, 2.24) is 19.7 Å². The Labute approximate surface area is 121 Å². The molecule has 0 bridgehead atoms. The van der Waals surface area contributed by atoms with E-state index < -0.39 is 0 Å². The van der Waals surface area contributed by atoms with Gasteiger partial charge in [-0.2, -0.15) is 0 Å². The summed E-state index contributed by atoms with van der Waals surface area (Å²) in [4.78, 5) is 9.01. The van der Waals surface area contributed by atoms with Gasteiger partial charge in [0, 0.05) is 25.4 Å². The topological polar surface area (TPSA) is 62.5 Å². The van der Waals surface area contributed by atoms with Crippen LogP contribution in [0.2, 0.25) is 0 Å². The van der Waals surface area contributed by atoms with Gasteiger partial charge in [0.15, 0.2) is 0 Å². The third-order valence-corrected chi connectivity index (χ3v) is 3.98. The molecule has 104 valence electrons. The van der Waals surface area contributed by atoms with E-state index in [0.29, 0.717) is 5.92 Å². The number of hydrogen-bond donors (Lipinski definition) is 2. The van der Waals surface area contributed by atoms with Crippen molar-refractivity contribution < 1.29 is 5.11 Å². The van der Waals surface area contributed by atoms with Gasteiger partial charge in [-0.3, -0.25) is 9.38 Å². The fraction of sp³-hybridized carbons (Fsp3) is 0.538. The van der Waals surface area contributed by atoms with E-state index >= 15 is 0 Å². The molecule has 2 aromatic heterocycles. The van der Waals surface area contributed by atoms with Gasteiger partial charge in [-0.25, -0.2) is 4.98 Å². The molecule has 0 aromatic carbocycles. The molecule has 2 N–H and O–H groups in total. The van der Waals surface area contributed by atoms with Crippen molar-refractivity contribution in [3.63, 3.8) is 0 Å². The molecule has 3 heterocycles. The second kappa shape index (κ2) is 6.45. The lowest BCUT2D eigenvalue weighted by Gasteiger charge is -2.21.